The second-order valence-electron chi connectivity index (χ2n) is 7.69. The lowest BCUT2D eigenvalue weighted by molar-refractivity contribution is 0.0946. The Balaban J connectivity index is 1.95. The van der Waals surface area contributed by atoms with Crippen LogP contribution in [0.3, 0.4) is 0 Å². The number of nitrogens with one attached hydrogen (secondary N) is 2. The van der Waals surface area contributed by atoms with Crippen LogP contribution in [0.15, 0.2) is 17.7 Å². The maximum atomic E-state index is 13.0. The summed E-state index contributed by atoms with van der Waals surface area (Å²) >= 11 is 0. The van der Waals surface area contributed by atoms with Crippen LogP contribution in [0, 0.1) is 0 Å². The van der Waals surface area contributed by atoms with Gasteiger partial charge in [-0.2, -0.15) is 0 Å². The Bertz CT molecular complexity index is 877. The minimum atomic E-state index is -0.400. The van der Waals surface area contributed by atoms with E-state index in [1.165, 1.54) is 5.57 Å². The Labute approximate surface area is 170 Å². The minimum absolute atomic E-state index is 0.0564. The highest BCUT2D eigenvalue weighted by Gasteiger charge is 2.27. The first-order valence-corrected chi connectivity index (χ1v) is 10.3. The molecule has 1 heterocycles. The molecule has 1 unspecified atom stereocenters. The number of aromatic nitrogens is 4. The number of H-pyrrole nitrogens is 1. The summed E-state index contributed by atoms with van der Waals surface area (Å²) in [6, 6.07) is 1.65. The number of aryl methyl sites for hydroxylation is 1. The zero-order valence-corrected chi connectivity index (χ0v) is 17.0. The summed E-state index contributed by atoms with van der Waals surface area (Å²) in [6.07, 6.45) is 8.47. The fourth-order valence-corrected chi connectivity index (χ4v) is 3.95. The van der Waals surface area contributed by atoms with Gasteiger partial charge in [-0.05, 0) is 61.1 Å². The zero-order valence-electron chi connectivity index (χ0n) is 17.0. The molecule has 0 saturated carbocycles. The molecule has 1 aliphatic carbocycles. The van der Waals surface area contributed by atoms with E-state index >= 15 is 0 Å². The number of amides is 1. The molecule has 1 aliphatic rings. The van der Waals surface area contributed by atoms with Crippen molar-refractivity contribution in [2.75, 3.05) is 0 Å². The van der Waals surface area contributed by atoms with Crippen LogP contribution >= 0.6 is 0 Å². The second-order valence-corrected chi connectivity index (χ2v) is 7.69. The maximum absolute atomic E-state index is 13.0. The second kappa shape index (κ2) is 9.54. The molecule has 1 aromatic carbocycles. The standard InChI is InChI=1S/C21H29N5O3/c1-3-4-5-8-15-11-16(27)18(14-9-6-7-13(2)10-14)20(28)19(15)21(29)22-12-17-23-25-26-24-17/h10-11,14,27-28H,3-9,12H2,1-2H3,(H,22,29)(H,23,24,25,26). The molecule has 0 aliphatic heterocycles. The SMILES string of the molecule is CCCCCc1cc(O)c(C2C=C(C)CCC2)c(O)c1C(=O)NCc1nnn[nH]1. The Kier molecular flexibility index (Phi) is 6.85. The number of allylic oxidation sites excluding steroid dienone is 2. The van der Waals surface area contributed by atoms with Crippen molar-refractivity contribution >= 4 is 5.91 Å². The number of unbranched alkanes of at least 4 members (excludes halogenated alkanes) is 2. The van der Waals surface area contributed by atoms with Gasteiger partial charge in [-0.3, -0.25) is 4.79 Å². The van der Waals surface area contributed by atoms with E-state index in [1.807, 2.05) is 0 Å². The molecule has 2 aromatic rings. The quantitative estimate of drug-likeness (QED) is 0.398. The van der Waals surface area contributed by atoms with E-state index in [0.29, 0.717) is 23.4 Å². The molecule has 1 amide bonds. The monoisotopic (exact) mass is 399 g/mol. The first kappa shape index (κ1) is 20.8. The highest BCUT2D eigenvalue weighted by atomic mass is 16.3. The van der Waals surface area contributed by atoms with Gasteiger partial charge in [0.05, 0.1) is 12.1 Å². The van der Waals surface area contributed by atoms with Crippen LogP contribution in [0.1, 0.15) is 85.6 Å². The van der Waals surface area contributed by atoms with Crippen molar-refractivity contribution < 1.29 is 15.0 Å². The molecule has 8 nitrogen and oxygen atoms in total. The number of aromatic hydroxyl groups is 2. The molecule has 0 radical (unpaired) electrons. The Morgan fingerprint density at radius 1 is 1.34 bits per heavy atom. The number of nitrogens with zero attached hydrogens (tertiary/aromatic N) is 3. The van der Waals surface area contributed by atoms with Crippen molar-refractivity contribution in [3.63, 3.8) is 0 Å². The van der Waals surface area contributed by atoms with Gasteiger partial charge in [0.25, 0.3) is 5.91 Å². The smallest absolute Gasteiger partial charge is 0.255 e. The van der Waals surface area contributed by atoms with E-state index in [1.54, 1.807) is 6.07 Å². The lowest BCUT2D eigenvalue weighted by Crippen LogP contribution is -2.25. The lowest BCUT2D eigenvalue weighted by Gasteiger charge is -2.24. The van der Waals surface area contributed by atoms with Gasteiger partial charge < -0.3 is 15.5 Å². The molecule has 156 valence electrons. The summed E-state index contributed by atoms with van der Waals surface area (Å²) < 4.78 is 0. The van der Waals surface area contributed by atoms with Gasteiger partial charge in [0.1, 0.15) is 11.5 Å². The predicted molar refractivity (Wildman–Crippen MR) is 109 cm³/mol. The zero-order chi connectivity index (χ0) is 20.8. The highest BCUT2D eigenvalue weighted by Crippen LogP contribution is 2.44. The van der Waals surface area contributed by atoms with Crippen molar-refractivity contribution in [3.05, 3.63) is 40.2 Å². The van der Waals surface area contributed by atoms with Gasteiger partial charge in [0.15, 0.2) is 5.82 Å². The molecule has 0 fully saturated rings. The third-order valence-electron chi connectivity index (χ3n) is 5.43. The van der Waals surface area contributed by atoms with Crippen LogP contribution in [0.4, 0.5) is 0 Å². The lowest BCUT2D eigenvalue weighted by atomic mass is 9.83. The van der Waals surface area contributed by atoms with Crippen molar-refractivity contribution in [1.29, 1.82) is 0 Å². The van der Waals surface area contributed by atoms with E-state index in [9.17, 15) is 15.0 Å². The highest BCUT2D eigenvalue weighted by molar-refractivity contribution is 5.99. The average molecular weight is 399 g/mol. The molecular weight excluding hydrogens is 370 g/mol. The van der Waals surface area contributed by atoms with Crippen LogP contribution in [0.5, 0.6) is 11.5 Å². The van der Waals surface area contributed by atoms with Crippen LogP contribution in [0.25, 0.3) is 0 Å². The van der Waals surface area contributed by atoms with Crippen molar-refractivity contribution in [2.45, 2.75) is 71.3 Å². The summed E-state index contributed by atoms with van der Waals surface area (Å²) in [7, 11) is 0. The molecule has 3 rings (SSSR count). The molecule has 29 heavy (non-hydrogen) atoms. The van der Waals surface area contributed by atoms with Gasteiger partial charge in [0, 0.05) is 11.5 Å². The number of benzene rings is 1. The maximum Gasteiger partial charge on any atom is 0.255 e. The Morgan fingerprint density at radius 2 is 2.17 bits per heavy atom. The van der Waals surface area contributed by atoms with E-state index in [-0.39, 0.29) is 29.5 Å². The van der Waals surface area contributed by atoms with Gasteiger partial charge >= 0.3 is 0 Å². The number of aromatic amines is 1. The number of hydrogen-bond donors (Lipinski definition) is 4. The number of phenolic OH excluding ortho intramolecular Hbond substituents is 2. The average Bonchev–Trinajstić information content (AvgIpc) is 3.20. The van der Waals surface area contributed by atoms with Crippen molar-refractivity contribution in [3.8, 4) is 11.5 Å². The number of phenols is 2. The summed E-state index contributed by atoms with van der Waals surface area (Å²) in [5, 5.41) is 37.9. The topological polar surface area (TPSA) is 124 Å². The van der Waals surface area contributed by atoms with Crippen molar-refractivity contribution in [2.24, 2.45) is 0 Å². The molecule has 0 saturated heterocycles. The predicted octanol–water partition coefficient (Wildman–Crippen LogP) is 3.49. The van der Waals surface area contributed by atoms with E-state index in [4.69, 9.17) is 0 Å². The van der Waals surface area contributed by atoms with Gasteiger partial charge in [0.2, 0.25) is 0 Å². The normalized spacial score (nSPS) is 16.5. The van der Waals surface area contributed by atoms with Gasteiger partial charge in [-0.15, -0.1) is 5.10 Å². The number of tetrazole rings is 1. The number of rotatable bonds is 8. The van der Waals surface area contributed by atoms with E-state index in [0.717, 1.165) is 38.5 Å². The third kappa shape index (κ3) is 4.93. The van der Waals surface area contributed by atoms with Gasteiger partial charge in [-0.25, -0.2) is 5.10 Å². The first-order valence-electron chi connectivity index (χ1n) is 10.3. The summed E-state index contributed by atoms with van der Waals surface area (Å²) in [5.74, 6) is -0.140. The molecule has 0 bridgehead atoms. The fourth-order valence-electron chi connectivity index (χ4n) is 3.95. The fraction of sp³-hybridized carbons (Fsp3) is 0.524. The number of carbonyl (C=O) groups is 1. The molecule has 0 spiro atoms. The van der Waals surface area contributed by atoms with Crippen molar-refractivity contribution in [1.82, 2.24) is 25.9 Å². The summed E-state index contributed by atoms with van der Waals surface area (Å²) in [5.41, 5.74) is 2.56. The van der Waals surface area contributed by atoms with Crippen LogP contribution in [-0.2, 0) is 13.0 Å². The Hall–Kier alpha value is -2.90. The van der Waals surface area contributed by atoms with Gasteiger partial charge in [-0.1, -0.05) is 31.4 Å². The molecular formula is C21H29N5O3. The summed E-state index contributed by atoms with van der Waals surface area (Å²) in [4.78, 5) is 13.0. The number of carbonyl (C=O) groups excluding carboxylic acids is 1. The van der Waals surface area contributed by atoms with E-state index in [2.05, 4.69) is 45.9 Å². The minimum Gasteiger partial charge on any atom is -0.507 e. The largest absolute Gasteiger partial charge is 0.507 e. The Morgan fingerprint density at radius 3 is 2.86 bits per heavy atom. The molecule has 1 atom stereocenters. The van der Waals surface area contributed by atoms with Crippen LogP contribution < -0.4 is 5.32 Å². The van der Waals surface area contributed by atoms with Crippen LogP contribution in [-0.4, -0.2) is 36.7 Å². The molecule has 4 N–H and O–H groups in total. The van der Waals surface area contributed by atoms with Crippen LogP contribution in [0.2, 0.25) is 0 Å². The third-order valence-corrected chi connectivity index (χ3v) is 5.43. The van der Waals surface area contributed by atoms with E-state index < -0.39 is 5.91 Å². The molecule has 8 heteroatoms. The summed E-state index contributed by atoms with van der Waals surface area (Å²) in [6.45, 7) is 4.28. The first-order chi connectivity index (χ1) is 14.0. The molecule has 1 aromatic heterocycles. The number of hydrogen-bond acceptors (Lipinski definition) is 6.